The van der Waals surface area contributed by atoms with Crippen LogP contribution in [0.3, 0.4) is 0 Å². The third-order valence-electron chi connectivity index (χ3n) is 3.26. The quantitative estimate of drug-likeness (QED) is 0.318. The third kappa shape index (κ3) is 9.15. The van der Waals surface area contributed by atoms with Crippen molar-refractivity contribution in [2.45, 2.75) is 69.9 Å². The van der Waals surface area contributed by atoms with E-state index in [9.17, 15) is 20.4 Å². The summed E-state index contributed by atoms with van der Waals surface area (Å²) in [6, 6.07) is 0. The molecule has 0 aromatic rings. The lowest BCUT2D eigenvalue weighted by molar-refractivity contribution is -0.109. The molecule has 0 spiro atoms. The van der Waals surface area contributed by atoms with E-state index in [1.807, 2.05) is 0 Å². The lowest BCUT2D eigenvalue weighted by atomic mass is 10.0. The van der Waals surface area contributed by atoms with Crippen molar-refractivity contribution >= 4 is 11.8 Å². The van der Waals surface area contributed by atoms with E-state index in [0.29, 0.717) is 5.75 Å². The minimum absolute atomic E-state index is 0.311. The van der Waals surface area contributed by atoms with Gasteiger partial charge in [-0.15, -0.1) is 0 Å². The topological polar surface area (TPSA) is 101 Å². The van der Waals surface area contributed by atoms with Gasteiger partial charge in [-0.05, 0) is 12.2 Å². The molecule has 0 aliphatic heterocycles. The van der Waals surface area contributed by atoms with Crippen LogP contribution in [0, 0.1) is 0 Å². The van der Waals surface area contributed by atoms with E-state index in [2.05, 4.69) is 6.92 Å². The van der Waals surface area contributed by atoms with Crippen LogP contribution >= 0.6 is 11.8 Å². The van der Waals surface area contributed by atoms with Gasteiger partial charge in [0, 0.05) is 5.75 Å². The Bertz CT molecular complexity index is 218. The zero-order valence-electron chi connectivity index (χ0n) is 12.3. The van der Waals surface area contributed by atoms with Crippen molar-refractivity contribution in [3.63, 3.8) is 0 Å². The van der Waals surface area contributed by atoms with Crippen molar-refractivity contribution in [1.82, 2.24) is 0 Å². The fraction of sp³-hybridized carbons (Fsp3) is 1.00. The summed E-state index contributed by atoms with van der Waals surface area (Å²) in [5, 5.41) is 46.6. The first-order valence-corrected chi connectivity index (χ1v) is 8.60. The van der Waals surface area contributed by atoms with Crippen LogP contribution in [-0.4, -0.2) is 68.1 Å². The Labute approximate surface area is 126 Å². The number of aliphatic hydroxyl groups is 5. The maximum absolute atomic E-state index is 9.68. The molecule has 0 aliphatic carbocycles. The average molecular weight is 310 g/mol. The Morgan fingerprint density at radius 2 is 1.35 bits per heavy atom. The molecule has 0 heterocycles. The van der Waals surface area contributed by atoms with Crippen LogP contribution in [0.5, 0.6) is 0 Å². The lowest BCUT2D eigenvalue weighted by Gasteiger charge is -2.25. The number of aliphatic hydroxyl groups excluding tert-OH is 5. The fourth-order valence-electron chi connectivity index (χ4n) is 1.85. The largest absolute Gasteiger partial charge is 0.394 e. The minimum Gasteiger partial charge on any atom is -0.394 e. The molecular weight excluding hydrogens is 280 g/mol. The highest BCUT2D eigenvalue weighted by Gasteiger charge is 2.29. The van der Waals surface area contributed by atoms with Crippen LogP contribution in [0.4, 0.5) is 0 Å². The van der Waals surface area contributed by atoms with Crippen LogP contribution < -0.4 is 0 Å². The predicted octanol–water partition coefficient (Wildman–Crippen LogP) is 0.516. The summed E-state index contributed by atoms with van der Waals surface area (Å²) in [4.78, 5) is 0. The molecule has 0 rings (SSSR count). The summed E-state index contributed by atoms with van der Waals surface area (Å²) >= 11 is 1.52. The first kappa shape index (κ1) is 20.1. The molecule has 6 heteroatoms. The van der Waals surface area contributed by atoms with Crippen molar-refractivity contribution < 1.29 is 25.5 Å². The van der Waals surface area contributed by atoms with Gasteiger partial charge in [0.1, 0.15) is 18.3 Å². The highest BCUT2D eigenvalue weighted by molar-refractivity contribution is 7.99. The molecule has 0 amide bonds. The van der Waals surface area contributed by atoms with Gasteiger partial charge < -0.3 is 25.5 Å². The van der Waals surface area contributed by atoms with E-state index in [1.165, 1.54) is 43.9 Å². The van der Waals surface area contributed by atoms with Gasteiger partial charge in [-0.3, -0.25) is 0 Å². The van der Waals surface area contributed by atoms with Crippen LogP contribution in [0.25, 0.3) is 0 Å². The highest BCUT2D eigenvalue weighted by atomic mass is 32.2. The molecule has 0 saturated carbocycles. The van der Waals surface area contributed by atoms with Crippen molar-refractivity contribution in [3.8, 4) is 0 Å². The summed E-state index contributed by atoms with van der Waals surface area (Å²) in [6.07, 6.45) is 1.80. The van der Waals surface area contributed by atoms with E-state index in [1.54, 1.807) is 0 Å². The second-order valence-electron chi connectivity index (χ2n) is 5.14. The van der Waals surface area contributed by atoms with Crippen LogP contribution in [0.2, 0.25) is 0 Å². The zero-order chi connectivity index (χ0) is 15.4. The van der Waals surface area contributed by atoms with Crippen LogP contribution in [-0.2, 0) is 0 Å². The standard InChI is InChI=1S/C14H30O5S/c1-2-3-4-5-6-7-8-20-10-12(17)14(19)13(18)11(16)9-15/h11-19H,2-10H2,1H3/t11-,12+,13-,14-/m1/s1. The van der Waals surface area contributed by atoms with Crippen molar-refractivity contribution in [2.24, 2.45) is 0 Å². The monoisotopic (exact) mass is 310 g/mol. The van der Waals surface area contributed by atoms with Crippen LogP contribution in [0.15, 0.2) is 0 Å². The summed E-state index contributed by atoms with van der Waals surface area (Å²) in [7, 11) is 0. The highest BCUT2D eigenvalue weighted by Crippen LogP contribution is 2.14. The van der Waals surface area contributed by atoms with Gasteiger partial charge in [0.2, 0.25) is 0 Å². The molecular formula is C14H30O5S. The summed E-state index contributed by atoms with van der Waals surface area (Å²) in [6.45, 7) is 1.54. The molecule has 0 radical (unpaired) electrons. The Morgan fingerprint density at radius 3 is 1.95 bits per heavy atom. The van der Waals surface area contributed by atoms with Gasteiger partial charge >= 0.3 is 0 Å². The molecule has 0 saturated heterocycles. The molecule has 5 nitrogen and oxygen atoms in total. The first-order chi connectivity index (χ1) is 9.54. The number of rotatable bonds is 13. The zero-order valence-corrected chi connectivity index (χ0v) is 13.1. The van der Waals surface area contributed by atoms with Gasteiger partial charge in [0.25, 0.3) is 0 Å². The fourth-order valence-corrected chi connectivity index (χ4v) is 2.86. The molecule has 0 aliphatic rings. The lowest BCUT2D eigenvalue weighted by Crippen LogP contribution is -2.46. The molecule has 5 N–H and O–H groups in total. The molecule has 0 unspecified atom stereocenters. The SMILES string of the molecule is CCCCCCCCSC[C@H](O)[C@@H](O)[C@H](O)[C@H](O)CO. The molecule has 0 fully saturated rings. The normalized spacial score (nSPS) is 17.7. The maximum atomic E-state index is 9.68. The number of hydrogen-bond acceptors (Lipinski definition) is 6. The molecule has 0 aromatic heterocycles. The predicted molar refractivity (Wildman–Crippen MR) is 81.8 cm³/mol. The molecule has 20 heavy (non-hydrogen) atoms. The first-order valence-electron chi connectivity index (χ1n) is 7.45. The van der Waals surface area contributed by atoms with Gasteiger partial charge in [-0.2, -0.15) is 11.8 Å². The van der Waals surface area contributed by atoms with Gasteiger partial charge in [0.15, 0.2) is 0 Å². The second kappa shape index (κ2) is 12.9. The molecule has 0 aromatic carbocycles. The average Bonchev–Trinajstić information content (AvgIpc) is 2.47. The van der Waals surface area contributed by atoms with Crippen LogP contribution in [0.1, 0.15) is 45.4 Å². The smallest absolute Gasteiger partial charge is 0.111 e. The molecule has 4 atom stereocenters. The van der Waals surface area contributed by atoms with Gasteiger partial charge in [0.05, 0.1) is 12.7 Å². The van der Waals surface area contributed by atoms with E-state index in [-0.39, 0.29) is 0 Å². The number of hydrogen-bond donors (Lipinski definition) is 5. The Morgan fingerprint density at radius 1 is 0.800 bits per heavy atom. The van der Waals surface area contributed by atoms with E-state index in [0.717, 1.165) is 12.2 Å². The summed E-state index contributed by atoms with van der Waals surface area (Å²) < 4.78 is 0. The van der Waals surface area contributed by atoms with Crippen molar-refractivity contribution in [3.05, 3.63) is 0 Å². The van der Waals surface area contributed by atoms with Crippen molar-refractivity contribution in [2.75, 3.05) is 18.1 Å². The Balaban J connectivity index is 3.59. The third-order valence-corrected chi connectivity index (χ3v) is 4.41. The Hall–Kier alpha value is 0.150. The van der Waals surface area contributed by atoms with Gasteiger partial charge in [-0.1, -0.05) is 39.0 Å². The Kier molecular flexibility index (Phi) is 13.0. The van der Waals surface area contributed by atoms with Gasteiger partial charge in [-0.25, -0.2) is 0 Å². The van der Waals surface area contributed by atoms with Crippen molar-refractivity contribution in [1.29, 1.82) is 0 Å². The second-order valence-corrected chi connectivity index (χ2v) is 6.29. The van der Waals surface area contributed by atoms with E-state index >= 15 is 0 Å². The maximum Gasteiger partial charge on any atom is 0.111 e. The minimum atomic E-state index is -1.52. The van der Waals surface area contributed by atoms with E-state index in [4.69, 9.17) is 5.11 Å². The van der Waals surface area contributed by atoms with E-state index < -0.39 is 31.0 Å². The number of unbranched alkanes of at least 4 members (excludes halogenated alkanes) is 5. The summed E-state index contributed by atoms with van der Waals surface area (Å²) in [5.74, 6) is 1.22. The number of thioether (sulfide) groups is 1. The molecule has 122 valence electrons. The summed E-state index contributed by atoms with van der Waals surface area (Å²) in [5.41, 5.74) is 0. The molecule has 0 bridgehead atoms.